The van der Waals surface area contributed by atoms with Gasteiger partial charge in [0.05, 0.1) is 9.98 Å². The number of aromatic nitrogens is 1. The normalized spacial score (nSPS) is 10.1. The summed E-state index contributed by atoms with van der Waals surface area (Å²) in [6, 6.07) is 0. The van der Waals surface area contributed by atoms with Crippen LogP contribution in [-0.2, 0) is 9.53 Å². The van der Waals surface area contributed by atoms with Crippen LogP contribution in [0.2, 0.25) is 0 Å². The van der Waals surface area contributed by atoms with Crippen molar-refractivity contribution in [2.75, 3.05) is 19.0 Å². The second kappa shape index (κ2) is 6.10. The fourth-order valence-electron chi connectivity index (χ4n) is 0.871. The van der Waals surface area contributed by atoms with Crippen molar-refractivity contribution in [3.63, 3.8) is 0 Å². The second-order valence-electron chi connectivity index (χ2n) is 2.61. The number of nitrogens with zero attached hydrogens (tertiary/aromatic N) is 1. The van der Waals surface area contributed by atoms with Gasteiger partial charge in [-0.1, -0.05) is 11.3 Å². The van der Waals surface area contributed by atoms with E-state index < -0.39 is 0 Å². The Bertz CT molecular complexity index is 303. The Morgan fingerprint density at radius 2 is 2.57 bits per heavy atom. The van der Waals surface area contributed by atoms with E-state index in [0.717, 1.165) is 10.2 Å². The standard InChI is InChI=1S/C8H11BrN2O2S/c1-13-4-2-3-7(12)11-8-10-5-6(9)14-8/h5H,2-4H2,1H3,(H,10,11,12). The van der Waals surface area contributed by atoms with Crippen LogP contribution in [0.15, 0.2) is 9.98 Å². The van der Waals surface area contributed by atoms with E-state index in [-0.39, 0.29) is 5.91 Å². The molecule has 0 unspecified atom stereocenters. The SMILES string of the molecule is COCCCC(=O)Nc1ncc(Br)s1. The topological polar surface area (TPSA) is 51.2 Å². The molecule has 0 aliphatic carbocycles. The number of amides is 1. The van der Waals surface area contributed by atoms with Crippen molar-refractivity contribution in [2.45, 2.75) is 12.8 Å². The van der Waals surface area contributed by atoms with E-state index in [4.69, 9.17) is 4.74 Å². The van der Waals surface area contributed by atoms with Gasteiger partial charge in [-0.05, 0) is 22.4 Å². The third-order valence-corrected chi connectivity index (χ3v) is 2.87. The van der Waals surface area contributed by atoms with E-state index in [1.807, 2.05) is 0 Å². The van der Waals surface area contributed by atoms with Gasteiger partial charge >= 0.3 is 0 Å². The molecule has 0 aliphatic heterocycles. The number of hydrogen-bond donors (Lipinski definition) is 1. The molecule has 0 fully saturated rings. The Hall–Kier alpha value is -0.460. The number of hydrogen-bond acceptors (Lipinski definition) is 4. The molecule has 0 saturated carbocycles. The van der Waals surface area contributed by atoms with Crippen molar-refractivity contribution in [3.8, 4) is 0 Å². The molecule has 1 N–H and O–H groups in total. The van der Waals surface area contributed by atoms with Gasteiger partial charge in [-0.15, -0.1) is 0 Å². The maximum absolute atomic E-state index is 11.3. The highest BCUT2D eigenvalue weighted by Crippen LogP contribution is 2.23. The van der Waals surface area contributed by atoms with Crippen LogP contribution in [0.25, 0.3) is 0 Å². The van der Waals surface area contributed by atoms with E-state index in [0.29, 0.717) is 18.2 Å². The minimum Gasteiger partial charge on any atom is -0.385 e. The lowest BCUT2D eigenvalue weighted by Gasteiger charge is -2.00. The van der Waals surface area contributed by atoms with Gasteiger partial charge in [0, 0.05) is 20.1 Å². The van der Waals surface area contributed by atoms with Crippen LogP contribution in [-0.4, -0.2) is 24.6 Å². The summed E-state index contributed by atoms with van der Waals surface area (Å²) in [5.74, 6) is -0.0242. The molecule has 0 aliphatic rings. The molecule has 1 rings (SSSR count). The van der Waals surface area contributed by atoms with Crippen LogP contribution in [0.5, 0.6) is 0 Å². The van der Waals surface area contributed by atoms with Crippen molar-refractivity contribution in [3.05, 3.63) is 9.98 Å². The largest absolute Gasteiger partial charge is 0.385 e. The highest BCUT2D eigenvalue weighted by atomic mass is 79.9. The molecule has 0 bridgehead atoms. The third kappa shape index (κ3) is 4.17. The molecular formula is C8H11BrN2O2S. The van der Waals surface area contributed by atoms with Crippen LogP contribution >= 0.6 is 27.3 Å². The quantitative estimate of drug-likeness (QED) is 0.841. The van der Waals surface area contributed by atoms with Gasteiger partial charge in [-0.2, -0.15) is 0 Å². The van der Waals surface area contributed by atoms with Gasteiger partial charge in [0.25, 0.3) is 0 Å². The molecule has 1 aromatic rings. The Kier molecular flexibility index (Phi) is 5.06. The summed E-state index contributed by atoms with van der Waals surface area (Å²) in [6.07, 6.45) is 2.86. The first kappa shape index (κ1) is 11.6. The Morgan fingerprint density at radius 3 is 3.14 bits per heavy atom. The van der Waals surface area contributed by atoms with Crippen LogP contribution in [0.3, 0.4) is 0 Å². The van der Waals surface area contributed by atoms with Gasteiger partial charge in [0.15, 0.2) is 5.13 Å². The van der Waals surface area contributed by atoms with Gasteiger partial charge in [-0.25, -0.2) is 4.98 Å². The number of nitrogens with one attached hydrogen (secondary N) is 1. The number of carbonyl (C=O) groups is 1. The lowest BCUT2D eigenvalue weighted by Crippen LogP contribution is -2.11. The number of rotatable bonds is 5. The van der Waals surface area contributed by atoms with Crippen LogP contribution in [0.1, 0.15) is 12.8 Å². The predicted octanol–water partition coefficient (Wildman–Crippen LogP) is 2.27. The average Bonchev–Trinajstić information content (AvgIpc) is 2.52. The van der Waals surface area contributed by atoms with Crippen molar-refractivity contribution >= 4 is 38.3 Å². The smallest absolute Gasteiger partial charge is 0.226 e. The van der Waals surface area contributed by atoms with Gasteiger partial charge < -0.3 is 10.1 Å². The number of methoxy groups -OCH3 is 1. The van der Waals surface area contributed by atoms with E-state index in [2.05, 4.69) is 26.2 Å². The summed E-state index contributed by atoms with van der Waals surface area (Å²) < 4.78 is 5.75. The monoisotopic (exact) mass is 278 g/mol. The van der Waals surface area contributed by atoms with Crippen LogP contribution in [0, 0.1) is 0 Å². The highest BCUT2D eigenvalue weighted by molar-refractivity contribution is 9.11. The molecule has 14 heavy (non-hydrogen) atoms. The first-order chi connectivity index (χ1) is 6.72. The molecule has 1 heterocycles. The summed E-state index contributed by atoms with van der Waals surface area (Å²) in [7, 11) is 1.62. The van der Waals surface area contributed by atoms with E-state index in [9.17, 15) is 4.79 Å². The van der Waals surface area contributed by atoms with Crippen molar-refractivity contribution in [2.24, 2.45) is 0 Å². The zero-order valence-corrected chi connectivity index (χ0v) is 10.2. The maximum Gasteiger partial charge on any atom is 0.226 e. The summed E-state index contributed by atoms with van der Waals surface area (Å²) in [5, 5.41) is 3.33. The minimum atomic E-state index is -0.0242. The van der Waals surface area contributed by atoms with Crippen LogP contribution < -0.4 is 5.32 Å². The average molecular weight is 279 g/mol. The summed E-state index contributed by atoms with van der Waals surface area (Å²) in [6.45, 7) is 0.606. The Labute approximate surface area is 94.8 Å². The van der Waals surface area contributed by atoms with Crippen LogP contribution in [0.4, 0.5) is 5.13 Å². The zero-order chi connectivity index (χ0) is 10.4. The molecular weight excluding hydrogens is 268 g/mol. The Balaban J connectivity index is 2.27. The molecule has 78 valence electrons. The molecule has 0 radical (unpaired) electrons. The fraction of sp³-hybridized carbons (Fsp3) is 0.500. The number of anilines is 1. The molecule has 0 atom stereocenters. The third-order valence-electron chi connectivity index (χ3n) is 1.48. The molecule has 0 saturated heterocycles. The first-order valence-corrected chi connectivity index (χ1v) is 5.73. The van der Waals surface area contributed by atoms with E-state index in [1.54, 1.807) is 13.3 Å². The maximum atomic E-state index is 11.3. The lowest BCUT2D eigenvalue weighted by atomic mass is 10.3. The molecule has 1 aromatic heterocycles. The predicted molar refractivity (Wildman–Crippen MR) is 59.6 cm³/mol. The molecule has 0 spiro atoms. The number of carbonyl (C=O) groups excluding carboxylic acids is 1. The molecule has 1 amide bonds. The molecule has 0 aromatic carbocycles. The number of ether oxygens (including phenoxy) is 1. The van der Waals surface area contributed by atoms with Crippen molar-refractivity contribution in [1.29, 1.82) is 0 Å². The lowest BCUT2D eigenvalue weighted by molar-refractivity contribution is -0.116. The minimum absolute atomic E-state index is 0.0242. The molecule has 6 heteroatoms. The summed E-state index contributed by atoms with van der Waals surface area (Å²) in [5.41, 5.74) is 0. The molecule has 4 nitrogen and oxygen atoms in total. The van der Waals surface area contributed by atoms with E-state index >= 15 is 0 Å². The Morgan fingerprint density at radius 1 is 1.79 bits per heavy atom. The fourth-order valence-corrected chi connectivity index (χ4v) is 1.99. The number of halogens is 1. The zero-order valence-electron chi connectivity index (χ0n) is 7.75. The highest BCUT2D eigenvalue weighted by Gasteiger charge is 2.04. The first-order valence-electron chi connectivity index (χ1n) is 4.12. The van der Waals surface area contributed by atoms with Gasteiger partial charge in [0.1, 0.15) is 0 Å². The summed E-state index contributed by atoms with van der Waals surface area (Å²) in [4.78, 5) is 15.3. The van der Waals surface area contributed by atoms with E-state index in [1.165, 1.54) is 11.3 Å². The van der Waals surface area contributed by atoms with Gasteiger partial charge in [0.2, 0.25) is 5.91 Å². The van der Waals surface area contributed by atoms with Crippen molar-refractivity contribution in [1.82, 2.24) is 4.98 Å². The second-order valence-corrected chi connectivity index (χ2v) is 5.02. The summed E-state index contributed by atoms with van der Waals surface area (Å²) >= 11 is 4.67. The number of thiazole rings is 1. The van der Waals surface area contributed by atoms with Crippen molar-refractivity contribution < 1.29 is 9.53 Å². The van der Waals surface area contributed by atoms with Gasteiger partial charge in [-0.3, -0.25) is 4.79 Å².